The Morgan fingerprint density at radius 3 is 2.64 bits per heavy atom. The van der Waals surface area contributed by atoms with Gasteiger partial charge < -0.3 is 5.32 Å². The molecule has 0 spiro atoms. The lowest BCUT2D eigenvalue weighted by Crippen LogP contribution is -2.24. The molecule has 25 heavy (non-hydrogen) atoms. The third-order valence-electron chi connectivity index (χ3n) is 4.14. The topological polar surface area (TPSA) is 65.8 Å². The maximum atomic E-state index is 13.5. The molecule has 4 nitrogen and oxygen atoms in total. The number of amides is 1. The fourth-order valence-corrected chi connectivity index (χ4v) is 3.19. The first-order chi connectivity index (χ1) is 11.8. The predicted molar refractivity (Wildman–Crippen MR) is 96.9 cm³/mol. The lowest BCUT2D eigenvalue weighted by Gasteiger charge is -2.11. The van der Waals surface area contributed by atoms with Crippen LogP contribution in [0.25, 0.3) is 0 Å². The van der Waals surface area contributed by atoms with Gasteiger partial charge in [0.15, 0.2) is 0 Å². The quantitative estimate of drug-likeness (QED) is 0.828. The van der Waals surface area contributed by atoms with Crippen LogP contribution in [0.15, 0.2) is 23.2 Å². The molecule has 0 fully saturated rings. The number of nitriles is 1. The lowest BCUT2D eigenvalue weighted by atomic mass is 10.1. The van der Waals surface area contributed by atoms with Crippen LogP contribution in [-0.4, -0.2) is 16.6 Å². The molecular weight excluding hydrogens is 337 g/mol. The highest BCUT2D eigenvalue weighted by atomic mass is 32.2. The second-order valence-electron chi connectivity index (χ2n) is 5.89. The Kier molecular flexibility index (Phi) is 6.16. The Balaban J connectivity index is 1.98. The van der Waals surface area contributed by atoms with Crippen molar-refractivity contribution < 1.29 is 9.18 Å². The zero-order chi connectivity index (χ0) is 18.6. The van der Waals surface area contributed by atoms with Crippen LogP contribution in [-0.2, 0) is 11.3 Å². The summed E-state index contributed by atoms with van der Waals surface area (Å²) in [5.74, 6) is -0.319. The molecule has 2 rings (SSSR count). The van der Waals surface area contributed by atoms with Crippen molar-refractivity contribution in [1.82, 2.24) is 10.3 Å². The molecule has 1 aromatic carbocycles. The van der Waals surface area contributed by atoms with Gasteiger partial charge in [-0.3, -0.25) is 4.79 Å². The highest BCUT2D eigenvalue weighted by Gasteiger charge is 2.14. The minimum Gasteiger partial charge on any atom is -0.351 e. The minimum absolute atomic E-state index is 0.151. The summed E-state index contributed by atoms with van der Waals surface area (Å²) < 4.78 is 13.5. The SMILES string of the molecule is Cc1ccc(CNC(=O)CSc2nc(C)c(C)c(C)c2C#N)cc1F. The van der Waals surface area contributed by atoms with E-state index < -0.39 is 0 Å². The van der Waals surface area contributed by atoms with Crippen molar-refractivity contribution in [2.75, 3.05) is 5.75 Å². The molecule has 0 atom stereocenters. The van der Waals surface area contributed by atoms with Crippen LogP contribution < -0.4 is 5.32 Å². The van der Waals surface area contributed by atoms with Gasteiger partial charge in [-0.05, 0) is 56.0 Å². The second kappa shape index (κ2) is 8.13. The van der Waals surface area contributed by atoms with E-state index in [1.165, 1.54) is 17.8 Å². The first-order valence-corrected chi connectivity index (χ1v) is 8.84. The van der Waals surface area contributed by atoms with E-state index in [4.69, 9.17) is 0 Å². The Morgan fingerprint density at radius 2 is 2.00 bits per heavy atom. The summed E-state index contributed by atoms with van der Waals surface area (Å²) in [6.07, 6.45) is 0. The van der Waals surface area contributed by atoms with E-state index in [0.29, 0.717) is 21.7 Å². The van der Waals surface area contributed by atoms with Gasteiger partial charge in [0.2, 0.25) is 5.91 Å². The molecule has 0 bridgehead atoms. The average molecular weight is 357 g/mol. The summed E-state index contributed by atoms with van der Waals surface area (Å²) in [5, 5.41) is 12.7. The van der Waals surface area contributed by atoms with Crippen molar-refractivity contribution in [2.45, 2.75) is 39.3 Å². The predicted octanol–water partition coefficient (Wildman–Crippen LogP) is 3.73. The molecular formula is C19H20FN3OS. The molecule has 1 N–H and O–H groups in total. The summed E-state index contributed by atoms with van der Waals surface area (Å²) in [6, 6.07) is 7.06. The molecule has 2 aromatic rings. The fourth-order valence-electron chi connectivity index (χ4n) is 2.28. The molecule has 0 radical (unpaired) electrons. The zero-order valence-electron chi connectivity index (χ0n) is 14.7. The molecule has 130 valence electrons. The molecule has 0 aliphatic rings. The van der Waals surface area contributed by atoms with E-state index >= 15 is 0 Å². The van der Waals surface area contributed by atoms with Gasteiger partial charge in [-0.25, -0.2) is 9.37 Å². The van der Waals surface area contributed by atoms with Crippen molar-refractivity contribution in [3.63, 3.8) is 0 Å². The zero-order valence-corrected chi connectivity index (χ0v) is 15.6. The largest absolute Gasteiger partial charge is 0.351 e. The number of halogens is 1. The van der Waals surface area contributed by atoms with Gasteiger partial charge in [0.05, 0.1) is 11.3 Å². The minimum atomic E-state index is -0.283. The van der Waals surface area contributed by atoms with Crippen molar-refractivity contribution in [3.05, 3.63) is 57.5 Å². The van der Waals surface area contributed by atoms with Crippen molar-refractivity contribution in [2.24, 2.45) is 0 Å². The van der Waals surface area contributed by atoms with E-state index in [0.717, 1.165) is 16.8 Å². The number of hydrogen-bond donors (Lipinski definition) is 1. The van der Waals surface area contributed by atoms with Gasteiger partial charge in [0, 0.05) is 12.2 Å². The average Bonchev–Trinajstić information content (AvgIpc) is 2.59. The van der Waals surface area contributed by atoms with Crippen LogP contribution in [0.5, 0.6) is 0 Å². The monoisotopic (exact) mass is 357 g/mol. The van der Waals surface area contributed by atoms with Crippen molar-refractivity contribution in [3.8, 4) is 6.07 Å². The van der Waals surface area contributed by atoms with Crippen LogP contribution in [0.1, 0.15) is 33.5 Å². The normalized spacial score (nSPS) is 10.4. The van der Waals surface area contributed by atoms with Gasteiger partial charge in [0.1, 0.15) is 16.9 Å². The molecule has 0 aliphatic heterocycles. The van der Waals surface area contributed by atoms with Gasteiger partial charge in [-0.2, -0.15) is 5.26 Å². The van der Waals surface area contributed by atoms with Crippen LogP contribution >= 0.6 is 11.8 Å². The highest BCUT2D eigenvalue weighted by Crippen LogP contribution is 2.26. The number of nitrogens with one attached hydrogen (secondary N) is 1. The van der Waals surface area contributed by atoms with Crippen LogP contribution in [0.3, 0.4) is 0 Å². The first-order valence-electron chi connectivity index (χ1n) is 7.86. The molecule has 0 saturated carbocycles. The van der Waals surface area contributed by atoms with Gasteiger partial charge in [-0.15, -0.1) is 0 Å². The third kappa shape index (κ3) is 4.58. The summed E-state index contributed by atoms with van der Waals surface area (Å²) in [7, 11) is 0. The molecule has 6 heteroatoms. The lowest BCUT2D eigenvalue weighted by molar-refractivity contribution is -0.118. The number of aromatic nitrogens is 1. The Morgan fingerprint density at radius 1 is 1.28 bits per heavy atom. The standard InChI is InChI=1S/C19H20FN3OS/c1-11-5-6-15(7-17(11)20)9-22-18(24)10-25-19-16(8-21)13(3)12(2)14(4)23-19/h5-7H,9-10H2,1-4H3,(H,22,24). The van der Waals surface area contributed by atoms with Gasteiger partial charge >= 0.3 is 0 Å². The molecule has 1 aromatic heterocycles. The Hall–Kier alpha value is -2.39. The Labute approximate surface area is 151 Å². The smallest absolute Gasteiger partial charge is 0.230 e. The summed E-state index contributed by atoms with van der Waals surface area (Å²) in [5.41, 5.74) is 4.54. The molecule has 1 amide bonds. The third-order valence-corrected chi connectivity index (χ3v) is 5.12. The number of benzene rings is 1. The van der Waals surface area contributed by atoms with Crippen molar-refractivity contribution in [1.29, 1.82) is 5.26 Å². The van der Waals surface area contributed by atoms with Crippen LogP contribution in [0, 0.1) is 44.8 Å². The number of carbonyl (C=O) groups is 1. The number of rotatable bonds is 5. The number of carbonyl (C=O) groups excluding carboxylic acids is 1. The molecule has 0 aliphatic carbocycles. The summed E-state index contributed by atoms with van der Waals surface area (Å²) >= 11 is 1.24. The van der Waals surface area contributed by atoms with E-state index in [-0.39, 0.29) is 24.0 Å². The number of thioether (sulfide) groups is 1. The second-order valence-corrected chi connectivity index (χ2v) is 6.85. The molecule has 0 saturated heterocycles. The number of hydrogen-bond acceptors (Lipinski definition) is 4. The van der Waals surface area contributed by atoms with Gasteiger partial charge in [0.25, 0.3) is 0 Å². The van der Waals surface area contributed by atoms with Crippen LogP contribution in [0.2, 0.25) is 0 Å². The summed E-state index contributed by atoms with van der Waals surface area (Å²) in [4.78, 5) is 16.5. The van der Waals surface area contributed by atoms with E-state index in [1.807, 2.05) is 20.8 Å². The maximum absolute atomic E-state index is 13.5. The maximum Gasteiger partial charge on any atom is 0.230 e. The molecule has 0 unspecified atom stereocenters. The summed E-state index contributed by atoms with van der Waals surface area (Å²) in [6.45, 7) is 7.67. The van der Waals surface area contributed by atoms with Crippen molar-refractivity contribution >= 4 is 17.7 Å². The first kappa shape index (κ1) is 18.9. The number of nitrogens with zero attached hydrogens (tertiary/aromatic N) is 2. The molecule has 1 heterocycles. The highest BCUT2D eigenvalue weighted by molar-refractivity contribution is 8.00. The van der Waals surface area contributed by atoms with E-state index in [2.05, 4.69) is 16.4 Å². The fraction of sp³-hybridized carbons (Fsp3) is 0.316. The van der Waals surface area contributed by atoms with Crippen LogP contribution in [0.4, 0.5) is 4.39 Å². The van der Waals surface area contributed by atoms with Gasteiger partial charge in [-0.1, -0.05) is 23.9 Å². The Bertz CT molecular complexity index is 859. The van der Waals surface area contributed by atoms with E-state index in [1.54, 1.807) is 19.1 Å². The number of aryl methyl sites for hydroxylation is 2. The number of pyridine rings is 1. The van der Waals surface area contributed by atoms with E-state index in [9.17, 15) is 14.4 Å².